The van der Waals surface area contributed by atoms with Gasteiger partial charge in [0.15, 0.2) is 0 Å². The lowest BCUT2D eigenvalue weighted by atomic mass is 10.2. The van der Waals surface area contributed by atoms with E-state index in [9.17, 15) is 0 Å². The van der Waals surface area contributed by atoms with Crippen molar-refractivity contribution in [2.45, 2.75) is 6.54 Å². The Balaban J connectivity index is 0.00000220. The minimum Gasteiger partial charge on any atom is -0.486 e. The number of hydrogen-bond donors (Lipinski definition) is 1. The highest BCUT2D eigenvalue weighted by atomic mass is 35.5. The Bertz CT molecular complexity index is 603. The molecule has 0 radical (unpaired) electrons. The van der Waals surface area contributed by atoms with Crippen LogP contribution >= 0.6 is 35.6 Å². The van der Waals surface area contributed by atoms with Crippen LogP contribution in [0.1, 0.15) is 5.56 Å². The number of ether oxygens (including phenoxy) is 1. The van der Waals surface area contributed by atoms with Gasteiger partial charge in [0.1, 0.15) is 18.2 Å². The second kappa shape index (κ2) is 8.78. The first-order valence-electron chi connectivity index (χ1n) is 6.06. The number of halogens is 3. The van der Waals surface area contributed by atoms with Crippen molar-refractivity contribution in [3.8, 4) is 5.75 Å². The first kappa shape index (κ1) is 17.6. The van der Waals surface area contributed by atoms with Gasteiger partial charge < -0.3 is 10.5 Å². The molecule has 0 aliphatic heterocycles. The summed E-state index contributed by atoms with van der Waals surface area (Å²) in [6, 6.07) is 14.9. The summed E-state index contributed by atoms with van der Waals surface area (Å²) in [6.07, 6.45) is 0. The molecule has 0 spiro atoms. The van der Waals surface area contributed by atoms with E-state index in [2.05, 4.69) is 4.99 Å². The molecule has 0 amide bonds. The monoisotopic (exact) mass is 344 g/mol. The largest absolute Gasteiger partial charge is 0.486 e. The van der Waals surface area contributed by atoms with Gasteiger partial charge in [0, 0.05) is 6.07 Å². The third-order valence-corrected chi connectivity index (χ3v) is 3.32. The molecule has 0 aliphatic rings. The van der Waals surface area contributed by atoms with Gasteiger partial charge >= 0.3 is 0 Å². The molecular formula is C15H15Cl3N2O. The van der Waals surface area contributed by atoms with Crippen LogP contribution in [0.15, 0.2) is 53.5 Å². The van der Waals surface area contributed by atoms with Crippen LogP contribution in [-0.4, -0.2) is 12.4 Å². The molecule has 2 aromatic carbocycles. The lowest BCUT2D eigenvalue weighted by Gasteiger charge is -2.07. The summed E-state index contributed by atoms with van der Waals surface area (Å²) in [4.78, 5) is 4.26. The average Bonchev–Trinajstić information content (AvgIpc) is 2.47. The first-order chi connectivity index (χ1) is 9.65. The maximum absolute atomic E-state index is 5.90. The van der Waals surface area contributed by atoms with Gasteiger partial charge in [-0.15, -0.1) is 12.4 Å². The second-order valence-corrected chi connectivity index (χ2v) is 4.97. The number of aliphatic imine (C=N–C) groups is 1. The van der Waals surface area contributed by atoms with Gasteiger partial charge in [-0.3, -0.25) is 4.99 Å². The lowest BCUT2D eigenvalue weighted by Crippen LogP contribution is -2.21. The highest BCUT2D eigenvalue weighted by molar-refractivity contribution is 6.42. The summed E-state index contributed by atoms with van der Waals surface area (Å²) < 4.78 is 5.49. The van der Waals surface area contributed by atoms with E-state index < -0.39 is 0 Å². The van der Waals surface area contributed by atoms with E-state index in [1.165, 1.54) is 0 Å². The van der Waals surface area contributed by atoms with Crippen molar-refractivity contribution in [3.05, 3.63) is 64.1 Å². The Kier molecular flexibility index (Phi) is 7.37. The molecule has 0 aromatic heterocycles. The number of amidine groups is 1. The molecule has 0 unspecified atom stereocenters. The van der Waals surface area contributed by atoms with Crippen LogP contribution in [0.4, 0.5) is 0 Å². The zero-order valence-corrected chi connectivity index (χ0v) is 13.5. The zero-order chi connectivity index (χ0) is 14.4. The average molecular weight is 346 g/mol. The summed E-state index contributed by atoms with van der Waals surface area (Å²) >= 11 is 11.7. The number of benzene rings is 2. The van der Waals surface area contributed by atoms with Crippen molar-refractivity contribution in [2.75, 3.05) is 6.61 Å². The van der Waals surface area contributed by atoms with E-state index in [1.54, 1.807) is 18.2 Å². The number of nitrogens with two attached hydrogens (primary N) is 1. The molecule has 0 atom stereocenters. The van der Waals surface area contributed by atoms with Crippen molar-refractivity contribution in [1.82, 2.24) is 0 Å². The lowest BCUT2D eigenvalue weighted by molar-refractivity contribution is 0.375. The van der Waals surface area contributed by atoms with Gasteiger partial charge in [-0.2, -0.15) is 0 Å². The molecule has 112 valence electrons. The topological polar surface area (TPSA) is 47.6 Å². The Morgan fingerprint density at radius 2 is 1.76 bits per heavy atom. The van der Waals surface area contributed by atoms with Crippen LogP contribution in [0.3, 0.4) is 0 Å². The Morgan fingerprint density at radius 3 is 2.43 bits per heavy atom. The Morgan fingerprint density at radius 1 is 1.05 bits per heavy atom. The third kappa shape index (κ3) is 5.84. The highest BCUT2D eigenvalue weighted by Crippen LogP contribution is 2.26. The zero-order valence-electron chi connectivity index (χ0n) is 11.1. The van der Waals surface area contributed by atoms with Crippen LogP contribution in [0, 0.1) is 0 Å². The van der Waals surface area contributed by atoms with Crippen molar-refractivity contribution >= 4 is 41.4 Å². The van der Waals surface area contributed by atoms with E-state index in [1.807, 2.05) is 30.3 Å². The molecule has 3 nitrogen and oxygen atoms in total. The molecule has 0 saturated heterocycles. The molecule has 0 fully saturated rings. The third-order valence-electron chi connectivity index (χ3n) is 2.59. The summed E-state index contributed by atoms with van der Waals surface area (Å²) in [5.41, 5.74) is 6.91. The van der Waals surface area contributed by atoms with E-state index in [-0.39, 0.29) is 19.0 Å². The van der Waals surface area contributed by atoms with Gasteiger partial charge in [0.25, 0.3) is 0 Å². The van der Waals surface area contributed by atoms with E-state index >= 15 is 0 Å². The molecule has 2 N–H and O–H groups in total. The normalized spacial score (nSPS) is 10.9. The first-order valence-corrected chi connectivity index (χ1v) is 6.81. The number of hydrogen-bond acceptors (Lipinski definition) is 2. The fraction of sp³-hybridized carbons (Fsp3) is 0.133. The second-order valence-electron chi connectivity index (χ2n) is 4.16. The van der Waals surface area contributed by atoms with Crippen LogP contribution in [0.2, 0.25) is 10.0 Å². The van der Waals surface area contributed by atoms with E-state index in [4.69, 9.17) is 33.7 Å². The van der Waals surface area contributed by atoms with Crippen molar-refractivity contribution < 1.29 is 4.74 Å². The van der Waals surface area contributed by atoms with E-state index in [0.717, 1.165) is 5.56 Å². The molecule has 2 rings (SSSR count). The van der Waals surface area contributed by atoms with Crippen LogP contribution < -0.4 is 10.5 Å². The molecule has 0 aliphatic carbocycles. The predicted molar refractivity (Wildman–Crippen MR) is 91.0 cm³/mol. The molecular weight excluding hydrogens is 331 g/mol. The quantitative estimate of drug-likeness (QED) is 0.647. The standard InChI is InChI=1S/C15H14Cl2N2O.ClH/c16-13-7-6-12(8-14(13)17)20-10-15(18)19-9-11-4-2-1-3-5-11;/h1-8H,9-10H2,(H2,18,19);1H. The molecule has 0 bridgehead atoms. The molecule has 0 heterocycles. The van der Waals surface area contributed by atoms with Crippen molar-refractivity contribution in [2.24, 2.45) is 10.7 Å². The van der Waals surface area contributed by atoms with Gasteiger partial charge in [0.05, 0.1) is 16.6 Å². The van der Waals surface area contributed by atoms with Crippen LogP contribution in [0.5, 0.6) is 5.75 Å². The van der Waals surface area contributed by atoms with Gasteiger partial charge in [-0.25, -0.2) is 0 Å². The van der Waals surface area contributed by atoms with Crippen LogP contribution in [0.25, 0.3) is 0 Å². The SMILES string of the molecule is Cl.NC(COc1ccc(Cl)c(Cl)c1)=NCc1ccccc1. The number of nitrogens with zero attached hydrogens (tertiary/aromatic N) is 1. The minimum atomic E-state index is 0. The van der Waals surface area contributed by atoms with Crippen molar-refractivity contribution in [1.29, 1.82) is 0 Å². The molecule has 21 heavy (non-hydrogen) atoms. The summed E-state index contributed by atoms with van der Waals surface area (Å²) in [6.45, 7) is 0.752. The van der Waals surface area contributed by atoms with E-state index in [0.29, 0.717) is 28.2 Å². The summed E-state index contributed by atoms with van der Waals surface area (Å²) in [5, 5.41) is 0.939. The molecule has 2 aromatic rings. The van der Waals surface area contributed by atoms with Gasteiger partial charge in [0.2, 0.25) is 0 Å². The fourth-order valence-electron chi connectivity index (χ4n) is 1.55. The minimum absolute atomic E-state index is 0. The van der Waals surface area contributed by atoms with Crippen molar-refractivity contribution in [3.63, 3.8) is 0 Å². The number of rotatable bonds is 5. The maximum atomic E-state index is 5.90. The summed E-state index contributed by atoms with van der Waals surface area (Å²) in [5.74, 6) is 1.04. The smallest absolute Gasteiger partial charge is 0.145 e. The van der Waals surface area contributed by atoms with Crippen LogP contribution in [-0.2, 0) is 6.54 Å². The maximum Gasteiger partial charge on any atom is 0.145 e. The Labute approximate surface area is 140 Å². The summed E-state index contributed by atoms with van der Waals surface area (Å²) in [7, 11) is 0. The van der Waals surface area contributed by atoms with Gasteiger partial charge in [-0.1, -0.05) is 53.5 Å². The predicted octanol–water partition coefficient (Wildman–Crippen LogP) is 4.35. The van der Waals surface area contributed by atoms with Gasteiger partial charge in [-0.05, 0) is 17.7 Å². The molecule has 0 saturated carbocycles. The molecule has 6 heteroatoms. The Hall–Kier alpha value is -1.42. The fourth-order valence-corrected chi connectivity index (χ4v) is 1.83. The highest BCUT2D eigenvalue weighted by Gasteiger charge is 2.01.